The summed E-state index contributed by atoms with van der Waals surface area (Å²) >= 11 is 0. The van der Waals surface area contributed by atoms with E-state index in [4.69, 9.17) is 5.11 Å². The lowest BCUT2D eigenvalue weighted by Crippen LogP contribution is -2.17. The predicted octanol–water partition coefficient (Wildman–Crippen LogP) is -1.42. The summed E-state index contributed by atoms with van der Waals surface area (Å²) in [5.74, 6) is 0. The summed E-state index contributed by atoms with van der Waals surface area (Å²) in [7, 11) is -4.84. The van der Waals surface area contributed by atoms with Gasteiger partial charge in [0, 0.05) is 0 Å². The molecule has 0 heterocycles. The SMILES string of the molecule is O=P([O-])([O-])OCCO.[NH4+].[NH4+]. The lowest BCUT2D eigenvalue weighted by molar-refractivity contribution is -0.342. The Morgan fingerprint density at radius 2 is 1.80 bits per heavy atom. The molecule has 7 nitrogen and oxygen atoms in total. The Balaban J connectivity index is -0.000000245. The molecule has 10 heavy (non-hydrogen) atoms. The van der Waals surface area contributed by atoms with Gasteiger partial charge < -0.3 is 36.3 Å². The summed E-state index contributed by atoms with van der Waals surface area (Å²) in [4.78, 5) is 19.1. The first-order valence-electron chi connectivity index (χ1n) is 1.84. The van der Waals surface area contributed by atoms with E-state index in [0.29, 0.717) is 0 Å². The molecular formula is C2H13N2O5P. The first-order valence-corrected chi connectivity index (χ1v) is 3.30. The fourth-order valence-corrected chi connectivity index (χ4v) is 0.458. The molecule has 0 amide bonds. The topological polar surface area (TPSA) is 166 Å². The van der Waals surface area contributed by atoms with E-state index in [-0.39, 0.29) is 12.3 Å². The van der Waals surface area contributed by atoms with Gasteiger partial charge in [-0.2, -0.15) is 0 Å². The molecule has 66 valence electrons. The van der Waals surface area contributed by atoms with Crippen molar-refractivity contribution >= 4 is 7.82 Å². The van der Waals surface area contributed by atoms with E-state index in [2.05, 4.69) is 4.52 Å². The summed E-state index contributed by atoms with van der Waals surface area (Å²) in [6.07, 6.45) is 0. The van der Waals surface area contributed by atoms with Crippen LogP contribution in [0.5, 0.6) is 0 Å². The Labute approximate surface area is 58.4 Å². The number of aliphatic hydroxyl groups is 1. The maximum absolute atomic E-state index is 9.53. The van der Waals surface area contributed by atoms with Crippen molar-refractivity contribution < 1.29 is 24.0 Å². The van der Waals surface area contributed by atoms with Crippen molar-refractivity contribution in [2.24, 2.45) is 0 Å². The average Bonchev–Trinajstić information content (AvgIpc) is 1.59. The molecule has 0 aromatic heterocycles. The van der Waals surface area contributed by atoms with Gasteiger partial charge >= 0.3 is 0 Å². The minimum atomic E-state index is -4.84. The van der Waals surface area contributed by atoms with Crippen LogP contribution in [-0.2, 0) is 9.09 Å². The smallest absolute Gasteiger partial charge is 0.0750 e. The van der Waals surface area contributed by atoms with Crippen LogP contribution in [-0.4, -0.2) is 18.3 Å². The summed E-state index contributed by atoms with van der Waals surface area (Å²) in [5, 5.41) is 7.91. The Morgan fingerprint density at radius 3 is 1.90 bits per heavy atom. The van der Waals surface area contributed by atoms with Crippen LogP contribution in [0.2, 0.25) is 0 Å². The third-order valence-electron chi connectivity index (χ3n) is 0.341. The minimum absolute atomic E-state index is 0. The monoisotopic (exact) mass is 176 g/mol. The molecule has 0 aromatic rings. The predicted molar refractivity (Wildman–Crippen MR) is 32.6 cm³/mol. The summed E-state index contributed by atoms with van der Waals surface area (Å²) < 4.78 is 13.1. The molecule has 0 bridgehead atoms. The number of hydrogen-bond acceptors (Lipinski definition) is 5. The van der Waals surface area contributed by atoms with Gasteiger partial charge in [-0.05, 0) is 0 Å². The molecule has 0 fully saturated rings. The van der Waals surface area contributed by atoms with Crippen LogP contribution in [0.4, 0.5) is 0 Å². The van der Waals surface area contributed by atoms with Crippen molar-refractivity contribution in [3.8, 4) is 0 Å². The Bertz CT molecular complexity index is 102. The van der Waals surface area contributed by atoms with Gasteiger partial charge in [0.2, 0.25) is 0 Å². The molecule has 0 aliphatic carbocycles. The molecule has 0 spiro atoms. The highest BCUT2D eigenvalue weighted by molar-refractivity contribution is 7.43. The van der Waals surface area contributed by atoms with Crippen molar-refractivity contribution in [1.82, 2.24) is 12.3 Å². The molecule has 0 unspecified atom stereocenters. The number of phosphoric ester groups is 1. The third-order valence-corrected chi connectivity index (χ3v) is 0.839. The van der Waals surface area contributed by atoms with E-state index in [9.17, 15) is 14.4 Å². The number of rotatable bonds is 3. The van der Waals surface area contributed by atoms with Crippen LogP contribution in [0.25, 0.3) is 0 Å². The Hall–Kier alpha value is -0.0100. The second-order valence-corrected chi connectivity index (χ2v) is 2.16. The van der Waals surface area contributed by atoms with Crippen molar-refractivity contribution in [2.45, 2.75) is 0 Å². The standard InChI is InChI=1S/C2H7O5P.2H3N/c3-1-2-7-8(4,5)6;;/h3H,1-2H2,(H2,4,5,6);2*1H3. The average molecular weight is 176 g/mol. The van der Waals surface area contributed by atoms with Gasteiger partial charge in [0.05, 0.1) is 21.0 Å². The van der Waals surface area contributed by atoms with Crippen molar-refractivity contribution in [3.05, 3.63) is 0 Å². The second kappa shape index (κ2) is 7.10. The summed E-state index contributed by atoms with van der Waals surface area (Å²) in [6.45, 7) is -0.918. The van der Waals surface area contributed by atoms with Gasteiger partial charge in [-0.15, -0.1) is 0 Å². The largest absolute Gasteiger partial charge is 0.790 e. The maximum atomic E-state index is 9.53. The van der Waals surface area contributed by atoms with E-state index in [1.807, 2.05) is 0 Å². The van der Waals surface area contributed by atoms with Gasteiger partial charge in [0.25, 0.3) is 0 Å². The maximum Gasteiger partial charge on any atom is 0.0750 e. The summed E-state index contributed by atoms with van der Waals surface area (Å²) in [6, 6.07) is 0. The second-order valence-electron chi connectivity index (χ2n) is 1.00. The van der Waals surface area contributed by atoms with E-state index in [1.54, 1.807) is 0 Å². The minimum Gasteiger partial charge on any atom is -0.790 e. The molecule has 0 aliphatic heterocycles. The molecule has 0 saturated carbocycles. The molecule has 0 aliphatic rings. The van der Waals surface area contributed by atoms with Crippen LogP contribution >= 0.6 is 7.82 Å². The zero-order valence-electron chi connectivity index (χ0n) is 5.94. The van der Waals surface area contributed by atoms with E-state index in [0.717, 1.165) is 0 Å². The molecule has 0 atom stereocenters. The quantitative estimate of drug-likeness (QED) is 0.447. The zero-order valence-corrected chi connectivity index (χ0v) is 6.84. The lowest BCUT2D eigenvalue weighted by Gasteiger charge is -2.27. The van der Waals surface area contributed by atoms with Gasteiger partial charge in [-0.3, -0.25) is 0 Å². The first kappa shape index (κ1) is 16.5. The third kappa shape index (κ3) is 15.7. The van der Waals surface area contributed by atoms with E-state index >= 15 is 0 Å². The van der Waals surface area contributed by atoms with E-state index < -0.39 is 21.0 Å². The molecular weight excluding hydrogens is 163 g/mol. The molecule has 9 N–H and O–H groups in total. The molecule has 0 rings (SSSR count). The molecule has 0 aromatic carbocycles. The van der Waals surface area contributed by atoms with Crippen molar-refractivity contribution in [3.63, 3.8) is 0 Å². The Morgan fingerprint density at radius 1 is 1.40 bits per heavy atom. The van der Waals surface area contributed by atoms with Crippen LogP contribution in [0.3, 0.4) is 0 Å². The molecule has 0 saturated heterocycles. The van der Waals surface area contributed by atoms with Crippen LogP contribution in [0.1, 0.15) is 0 Å². The normalized spacial score (nSPS) is 9.50. The summed E-state index contributed by atoms with van der Waals surface area (Å²) in [5.41, 5.74) is 0. The van der Waals surface area contributed by atoms with Crippen molar-refractivity contribution in [1.29, 1.82) is 0 Å². The van der Waals surface area contributed by atoms with Crippen LogP contribution in [0.15, 0.2) is 0 Å². The molecule has 0 radical (unpaired) electrons. The number of aliphatic hydroxyl groups excluding tert-OH is 1. The van der Waals surface area contributed by atoms with E-state index in [1.165, 1.54) is 0 Å². The first-order chi connectivity index (χ1) is 3.56. The Kier molecular flexibility index (Phi) is 11.7. The molecule has 8 heteroatoms. The van der Waals surface area contributed by atoms with Crippen LogP contribution in [0, 0.1) is 0 Å². The highest BCUT2D eigenvalue weighted by Crippen LogP contribution is 2.23. The lowest BCUT2D eigenvalue weighted by atomic mass is 10.8. The van der Waals surface area contributed by atoms with Crippen molar-refractivity contribution in [2.75, 3.05) is 13.2 Å². The highest BCUT2D eigenvalue weighted by Gasteiger charge is 1.86. The van der Waals surface area contributed by atoms with Gasteiger partial charge in [-0.25, -0.2) is 0 Å². The van der Waals surface area contributed by atoms with Gasteiger partial charge in [0.1, 0.15) is 0 Å². The van der Waals surface area contributed by atoms with Gasteiger partial charge in [-0.1, -0.05) is 0 Å². The number of phosphoric acid groups is 1. The number of quaternary nitrogens is 2. The zero-order chi connectivity index (χ0) is 6.62. The van der Waals surface area contributed by atoms with Gasteiger partial charge in [0.15, 0.2) is 0 Å². The fraction of sp³-hybridized carbons (Fsp3) is 1.00. The highest BCUT2D eigenvalue weighted by atomic mass is 31.2. The number of hydrogen-bond donors (Lipinski definition) is 3. The fourth-order valence-electron chi connectivity index (χ4n) is 0.153. The van der Waals surface area contributed by atoms with Crippen LogP contribution < -0.4 is 22.1 Å².